The third-order valence-electron chi connectivity index (χ3n) is 4.27. The van der Waals surface area contributed by atoms with E-state index in [0.717, 1.165) is 22.0 Å². The number of ketones is 1. The highest BCUT2D eigenvalue weighted by molar-refractivity contribution is 6.02. The maximum absolute atomic E-state index is 11.8. The number of aryl methyl sites for hydroxylation is 1. The van der Waals surface area contributed by atoms with Gasteiger partial charge in [0.05, 0.1) is 5.52 Å². The fourth-order valence-corrected chi connectivity index (χ4v) is 3.04. The van der Waals surface area contributed by atoms with E-state index in [1.54, 1.807) is 6.92 Å². The van der Waals surface area contributed by atoms with Gasteiger partial charge in [0, 0.05) is 36.5 Å². The molecule has 3 nitrogen and oxygen atoms in total. The zero-order valence-corrected chi connectivity index (χ0v) is 13.1. The minimum Gasteiger partial charge on any atom is -0.351 e. The van der Waals surface area contributed by atoms with Gasteiger partial charge in [-0.15, -0.1) is 0 Å². The van der Waals surface area contributed by atoms with Crippen LogP contribution in [0.25, 0.3) is 32.9 Å². The van der Waals surface area contributed by atoms with E-state index >= 15 is 0 Å². The Morgan fingerprint density at radius 2 is 1.87 bits per heavy atom. The van der Waals surface area contributed by atoms with Crippen LogP contribution in [0, 0.1) is 0 Å². The Bertz CT molecular complexity index is 1060. The standard InChI is InChI=1S/C20H16N2O/c1-13(23)19-12-17(16-5-3-4-6-18(16)21-19)14-7-8-20-15(11-14)9-10-22(20)2/h3-12H,1-2H3. The Morgan fingerprint density at radius 1 is 1.04 bits per heavy atom. The summed E-state index contributed by atoms with van der Waals surface area (Å²) in [5, 5.41) is 2.25. The highest BCUT2D eigenvalue weighted by Crippen LogP contribution is 2.31. The number of carbonyl (C=O) groups is 1. The molecule has 4 aromatic rings. The summed E-state index contributed by atoms with van der Waals surface area (Å²) in [7, 11) is 2.04. The zero-order valence-electron chi connectivity index (χ0n) is 13.1. The van der Waals surface area contributed by atoms with Crippen molar-refractivity contribution < 1.29 is 4.79 Å². The molecule has 23 heavy (non-hydrogen) atoms. The summed E-state index contributed by atoms with van der Waals surface area (Å²) in [6.45, 7) is 1.56. The van der Waals surface area contributed by atoms with E-state index in [1.807, 2.05) is 31.3 Å². The number of para-hydroxylation sites is 1. The highest BCUT2D eigenvalue weighted by Gasteiger charge is 2.11. The monoisotopic (exact) mass is 300 g/mol. The first-order valence-electron chi connectivity index (χ1n) is 7.60. The number of benzene rings is 2. The van der Waals surface area contributed by atoms with Crippen molar-refractivity contribution in [3.8, 4) is 11.1 Å². The largest absolute Gasteiger partial charge is 0.351 e. The van der Waals surface area contributed by atoms with Gasteiger partial charge in [-0.25, -0.2) is 4.98 Å². The van der Waals surface area contributed by atoms with E-state index in [1.165, 1.54) is 10.9 Å². The summed E-state index contributed by atoms with van der Waals surface area (Å²) in [4.78, 5) is 16.3. The first kappa shape index (κ1) is 13.7. The summed E-state index contributed by atoms with van der Waals surface area (Å²) < 4.78 is 2.10. The Morgan fingerprint density at radius 3 is 2.70 bits per heavy atom. The first-order chi connectivity index (χ1) is 11.1. The molecule has 0 saturated carbocycles. The molecular formula is C20H16N2O. The number of hydrogen-bond donors (Lipinski definition) is 0. The van der Waals surface area contributed by atoms with Crippen molar-refractivity contribution in [2.75, 3.05) is 0 Å². The van der Waals surface area contributed by atoms with Crippen LogP contribution in [0.4, 0.5) is 0 Å². The minimum absolute atomic E-state index is 0.0159. The van der Waals surface area contributed by atoms with Crippen LogP contribution in [0.1, 0.15) is 17.4 Å². The fraction of sp³-hybridized carbons (Fsp3) is 0.100. The molecule has 2 heterocycles. The van der Waals surface area contributed by atoms with Crippen LogP contribution < -0.4 is 0 Å². The molecule has 0 bridgehead atoms. The number of hydrogen-bond acceptors (Lipinski definition) is 2. The average Bonchev–Trinajstić information content (AvgIpc) is 2.94. The lowest BCUT2D eigenvalue weighted by atomic mass is 9.98. The third-order valence-corrected chi connectivity index (χ3v) is 4.27. The molecule has 0 aliphatic rings. The van der Waals surface area contributed by atoms with Crippen molar-refractivity contribution >= 4 is 27.6 Å². The van der Waals surface area contributed by atoms with Gasteiger partial charge in [0.15, 0.2) is 5.78 Å². The molecule has 3 heteroatoms. The van der Waals surface area contributed by atoms with Crippen LogP contribution >= 0.6 is 0 Å². The van der Waals surface area contributed by atoms with E-state index < -0.39 is 0 Å². The second-order valence-corrected chi connectivity index (χ2v) is 5.83. The van der Waals surface area contributed by atoms with Crippen LogP contribution in [0.15, 0.2) is 60.8 Å². The summed E-state index contributed by atoms with van der Waals surface area (Å²) in [6, 6.07) is 18.3. The Kier molecular flexibility index (Phi) is 3.01. The smallest absolute Gasteiger partial charge is 0.178 e. The Hall–Kier alpha value is -2.94. The normalized spacial score (nSPS) is 11.2. The molecule has 2 aromatic heterocycles. The first-order valence-corrected chi connectivity index (χ1v) is 7.60. The number of fused-ring (bicyclic) bond motifs is 2. The molecule has 0 spiro atoms. The Labute approximate surface area is 134 Å². The maximum atomic E-state index is 11.8. The second-order valence-electron chi connectivity index (χ2n) is 5.83. The predicted molar refractivity (Wildman–Crippen MR) is 93.7 cm³/mol. The molecule has 0 amide bonds. The van der Waals surface area contributed by atoms with Gasteiger partial charge in [0.1, 0.15) is 5.69 Å². The van der Waals surface area contributed by atoms with Crippen molar-refractivity contribution in [2.45, 2.75) is 6.92 Å². The van der Waals surface area contributed by atoms with Gasteiger partial charge >= 0.3 is 0 Å². The lowest BCUT2D eigenvalue weighted by Gasteiger charge is -2.09. The van der Waals surface area contributed by atoms with Gasteiger partial charge in [-0.2, -0.15) is 0 Å². The molecule has 112 valence electrons. The van der Waals surface area contributed by atoms with Gasteiger partial charge in [-0.3, -0.25) is 4.79 Å². The SMILES string of the molecule is CC(=O)c1cc(-c2ccc3c(ccn3C)c2)c2ccccc2n1. The van der Waals surface area contributed by atoms with Gasteiger partial charge in [0.2, 0.25) is 0 Å². The van der Waals surface area contributed by atoms with Gasteiger partial charge in [0.25, 0.3) is 0 Å². The number of carbonyl (C=O) groups excluding carboxylic acids is 1. The number of aromatic nitrogens is 2. The third kappa shape index (κ3) is 2.21. The van der Waals surface area contributed by atoms with E-state index in [-0.39, 0.29) is 5.78 Å². The van der Waals surface area contributed by atoms with Gasteiger partial charge in [-0.05, 0) is 41.5 Å². The number of pyridine rings is 1. The molecule has 0 atom stereocenters. The summed E-state index contributed by atoms with van der Waals surface area (Å²) >= 11 is 0. The summed E-state index contributed by atoms with van der Waals surface area (Å²) in [5.74, 6) is -0.0159. The topological polar surface area (TPSA) is 34.9 Å². The number of Topliss-reactive ketones (excluding diaryl/α,β-unsaturated/α-hetero) is 1. The van der Waals surface area contributed by atoms with Crippen LogP contribution in [-0.4, -0.2) is 15.3 Å². The van der Waals surface area contributed by atoms with E-state index in [9.17, 15) is 4.79 Å². The Balaban J connectivity index is 2.03. The quantitative estimate of drug-likeness (QED) is 0.507. The zero-order chi connectivity index (χ0) is 16.0. The molecule has 0 fully saturated rings. The fourth-order valence-electron chi connectivity index (χ4n) is 3.04. The molecule has 0 radical (unpaired) electrons. The number of rotatable bonds is 2. The molecular weight excluding hydrogens is 284 g/mol. The van der Waals surface area contributed by atoms with Crippen molar-refractivity contribution in [2.24, 2.45) is 7.05 Å². The van der Waals surface area contributed by atoms with Gasteiger partial charge < -0.3 is 4.57 Å². The lowest BCUT2D eigenvalue weighted by Crippen LogP contribution is -1.98. The van der Waals surface area contributed by atoms with E-state index in [2.05, 4.69) is 46.1 Å². The van der Waals surface area contributed by atoms with Crippen molar-refractivity contribution in [1.82, 2.24) is 9.55 Å². The van der Waals surface area contributed by atoms with Crippen molar-refractivity contribution in [3.63, 3.8) is 0 Å². The van der Waals surface area contributed by atoms with E-state index in [4.69, 9.17) is 0 Å². The molecule has 0 saturated heterocycles. The van der Waals surface area contributed by atoms with Crippen LogP contribution in [0.2, 0.25) is 0 Å². The molecule has 0 unspecified atom stereocenters. The molecule has 0 aliphatic carbocycles. The summed E-state index contributed by atoms with van der Waals surface area (Å²) in [5.41, 5.74) is 4.70. The predicted octanol–water partition coefficient (Wildman–Crippen LogP) is 4.60. The van der Waals surface area contributed by atoms with Gasteiger partial charge in [-0.1, -0.05) is 24.3 Å². The van der Waals surface area contributed by atoms with Crippen molar-refractivity contribution in [1.29, 1.82) is 0 Å². The molecule has 0 N–H and O–H groups in total. The van der Waals surface area contributed by atoms with Crippen LogP contribution in [0.3, 0.4) is 0 Å². The minimum atomic E-state index is -0.0159. The van der Waals surface area contributed by atoms with E-state index in [0.29, 0.717) is 5.69 Å². The second kappa shape index (κ2) is 5.06. The highest BCUT2D eigenvalue weighted by atomic mass is 16.1. The van der Waals surface area contributed by atoms with Crippen LogP contribution in [-0.2, 0) is 7.05 Å². The maximum Gasteiger partial charge on any atom is 0.178 e. The van der Waals surface area contributed by atoms with Crippen molar-refractivity contribution in [3.05, 3.63) is 66.5 Å². The van der Waals surface area contributed by atoms with Crippen LogP contribution in [0.5, 0.6) is 0 Å². The molecule has 2 aromatic carbocycles. The molecule has 4 rings (SSSR count). The number of nitrogens with zero attached hydrogens (tertiary/aromatic N) is 2. The average molecular weight is 300 g/mol. The lowest BCUT2D eigenvalue weighted by molar-refractivity contribution is 0.101. The summed E-state index contributed by atoms with van der Waals surface area (Å²) in [6.07, 6.45) is 2.06. The molecule has 0 aliphatic heterocycles.